The van der Waals surface area contributed by atoms with Crippen LogP contribution in [0.15, 0.2) is 23.2 Å². The Kier molecular flexibility index (Phi) is 8.95. The molecule has 0 bridgehead atoms. The lowest BCUT2D eigenvalue weighted by molar-refractivity contribution is 0.171. The van der Waals surface area contributed by atoms with Crippen LogP contribution in [0.1, 0.15) is 38.2 Å². The zero-order valence-electron chi connectivity index (χ0n) is 16.4. The van der Waals surface area contributed by atoms with E-state index in [1.54, 1.807) is 7.11 Å². The van der Waals surface area contributed by atoms with Crippen molar-refractivity contribution < 1.29 is 14.2 Å². The van der Waals surface area contributed by atoms with Crippen molar-refractivity contribution in [2.45, 2.75) is 38.0 Å². The Bertz CT molecular complexity index is 618. The van der Waals surface area contributed by atoms with Gasteiger partial charge in [0.1, 0.15) is 13.2 Å². The number of hydrogen-bond acceptors (Lipinski definition) is 4. The van der Waals surface area contributed by atoms with Crippen molar-refractivity contribution in [1.82, 2.24) is 10.6 Å². The van der Waals surface area contributed by atoms with Crippen molar-refractivity contribution >= 4 is 29.9 Å². The summed E-state index contributed by atoms with van der Waals surface area (Å²) < 4.78 is 16.6. The van der Waals surface area contributed by atoms with Gasteiger partial charge in [0, 0.05) is 25.6 Å². The Morgan fingerprint density at radius 3 is 2.59 bits per heavy atom. The summed E-state index contributed by atoms with van der Waals surface area (Å²) in [7, 11) is 1.71. The molecule has 0 saturated heterocycles. The van der Waals surface area contributed by atoms with Crippen molar-refractivity contribution in [2.75, 3.05) is 46.6 Å². The van der Waals surface area contributed by atoms with Crippen LogP contribution in [0, 0.1) is 0 Å². The third kappa shape index (κ3) is 5.63. The summed E-state index contributed by atoms with van der Waals surface area (Å²) in [6.07, 6.45) is 4.82. The smallest absolute Gasteiger partial charge is 0.191 e. The highest BCUT2D eigenvalue weighted by molar-refractivity contribution is 14.0. The molecular formula is C20H32IN3O3. The first-order valence-corrected chi connectivity index (χ1v) is 9.69. The van der Waals surface area contributed by atoms with Gasteiger partial charge in [-0.05, 0) is 37.5 Å². The van der Waals surface area contributed by atoms with E-state index in [1.165, 1.54) is 18.4 Å². The fraction of sp³-hybridized carbons (Fsp3) is 0.650. The minimum atomic E-state index is 0. The van der Waals surface area contributed by atoms with Gasteiger partial charge in [-0.25, -0.2) is 0 Å². The summed E-state index contributed by atoms with van der Waals surface area (Å²) in [4.78, 5) is 4.89. The average Bonchev–Trinajstić information content (AvgIpc) is 3.16. The molecule has 0 spiro atoms. The Morgan fingerprint density at radius 1 is 1.15 bits per heavy atom. The van der Waals surface area contributed by atoms with Gasteiger partial charge < -0.3 is 24.8 Å². The van der Waals surface area contributed by atoms with Gasteiger partial charge in [-0.3, -0.25) is 4.99 Å². The first kappa shape index (κ1) is 22.1. The fourth-order valence-electron chi connectivity index (χ4n) is 3.81. The lowest BCUT2D eigenvalue weighted by atomic mass is 9.79. The van der Waals surface area contributed by atoms with E-state index in [4.69, 9.17) is 19.2 Å². The van der Waals surface area contributed by atoms with E-state index in [0.29, 0.717) is 19.8 Å². The molecule has 1 saturated carbocycles. The first-order valence-electron chi connectivity index (χ1n) is 9.69. The van der Waals surface area contributed by atoms with Gasteiger partial charge in [-0.2, -0.15) is 0 Å². The van der Waals surface area contributed by atoms with Crippen LogP contribution >= 0.6 is 24.0 Å². The maximum Gasteiger partial charge on any atom is 0.191 e. The van der Waals surface area contributed by atoms with Crippen LogP contribution in [0.4, 0.5) is 0 Å². The third-order valence-electron chi connectivity index (χ3n) is 5.20. The topological polar surface area (TPSA) is 64.1 Å². The number of halogens is 1. The molecule has 0 atom stereocenters. The standard InChI is InChI=1S/C20H31N3O3.HI/c1-3-21-19(22-10-11-24-2)23-15-20(8-4-5-9-20)16-6-7-17-18(14-16)26-13-12-25-17;/h6-7,14H,3-5,8-13,15H2,1-2H3,(H2,21,22,23);1H. The van der Waals surface area contributed by atoms with Crippen LogP contribution in [-0.4, -0.2) is 52.5 Å². The van der Waals surface area contributed by atoms with Gasteiger partial charge >= 0.3 is 0 Å². The Hall–Kier alpha value is -1.22. The monoisotopic (exact) mass is 489 g/mol. The number of guanidine groups is 1. The van der Waals surface area contributed by atoms with E-state index in [-0.39, 0.29) is 29.4 Å². The van der Waals surface area contributed by atoms with Crippen molar-refractivity contribution in [3.8, 4) is 11.5 Å². The molecule has 6 nitrogen and oxygen atoms in total. The molecule has 0 amide bonds. The SMILES string of the molecule is CCNC(=NCC1(c2ccc3c(c2)OCCO3)CCCC1)NCCOC.I. The predicted molar refractivity (Wildman–Crippen MR) is 119 cm³/mol. The molecule has 152 valence electrons. The number of benzene rings is 1. The van der Waals surface area contributed by atoms with E-state index < -0.39 is 0 Å². The number of ether oxygens (including phenoxy) is 3. The predicted octanol–water partition coefficient (Wildman–Crippen LogP) is 3.09. The molecular weight excluding hydrogens is 457 g/mol. The quantitative estimate of drug-likeness (QED) is 0.267. The number of methoxy groups -OCH3 is 1. The van der Waals surface area contributed by atoms with E-state index in [0.717, 1.165) is 49.9 Å². The fourth-order valence-corrected chi connectivity index (χ4v) is 3.81. The van der Waals surface area contributed by atoms with Crippen molar-refractivity contribution in [2.24, 2.45) is 4.99 Å². The minimum absolute atomic E-state index is 0. The molecule has 0 radical (unpaired) electrons. The van der Waals surface area contributed by atoms with Crippen LogP contribution in [0.5, 0.6) is 11.5 Å². The van der Waals surface area contributed by atoms with Gasteiger partial charge in [-0.1, -0.05) is 18.9 Å². The molecule has 1 aliphatic heterocycles. The van der Waals surface area contributed by atoms with Crippen LogP contribution in [0.25, 0.3) is 0 Å². The van der Waals surface area contributed by atoms with Crippen LogP contribution in [0.2, 0.25) is 0 Å². The number of fused-ring (bicyclic) bond motifs is 1. The van der Waals surface area contributed by atoms with Crippen LogP contribution in [0.3, 0.4) is 0 Å². The van der Waals surface area contributed by atoms with Crippen LogP contribution in [-0.2, 0) is 10.2 Å². The summed E-state index contributed by atoms with van der Waals surface area (Å²) in [6, 6.07) is 6.41. The number of rotatable bonds is 7. The second-order valence-corrected chi connectivity index (χ2v) is 6.96. The van der Waals surface area contributed by atoms with Gasteiger partial charge in [0.25, 0.3) is 0 Å². The maximum absolute atomic E-state index is 5.80. The van der Waals surface area contributed by atoms with Crippen molar-refractivity contribution in [3.63, 3.8) is 0 Å². The zero-order chi connectivity index (χ0) is 18.2. The number of hydrogen-bond donors (Lipinski definition) is 2. The Balaban J connectivity index is 0.00000261. The van der Waals surface area contributed by atoms with Crippen LogP contribution < -0.4 is 20.1 Å². The molecule has 1 aromatic rings. The first-order chi connectivity index (χ1) is 12.8. The zero-order valence-corrected chi connectivity index (χ0v) is 18.7. The second-order valence-electron chi connectivity index (χ2n) is 6.96. The highest BCUT2D eigenvalue weighted by atomic mass is 127. The number of nitrogens with zero attached hydrogens (tertiary/aromatic N) is 1. The van der Waals surface area contributed by atoms with E-state index >= 15 is 0 Å². The molecule has 3 rings (SSSR count). The number of aliphatic imine (C=N–C) groups is 1. The lowest BCUT2D eigenvalue weighted by Crippen LogP contribution is -2.40. The maximum atomic E-state index is 5.80. The molecule has 0 aromatic heterocycles. The molecule has 7 heteroatoms. The molecule has 1 heterocycles. The minimum Gasteiger partial charge on any atom is -0.486 e. The third-order valence-corrected chi connectivity index (χ3v) is 5.20. The van der Waals surface area contributed by atoms with Crippen molar-refractivity contribution in [1.29, 1.82) is 0 Å². The number of nitrogens with one attached hydrogen (secondary N) is 2. The van der Waals surface area contributed by atoms with Gasteiger partial charge in [0.05, 0.1) is 13.2 Å². The largest absolute Gasteiger partial charge is 0.486 e. The summed E-state index contributed by atoms with van der Waals surface area (Å²) in [5.41, 5.74) is 1.40. The summed E-state index contributed by atoms with van der Waals surface area (Å²) in [6.45, 7) is 6.36. The molecule has 0 unspecified atom stereocenters. The Labute approximate surface area is 179 Å². The summed E-state index contributed by atoms with van der Waals surface area (Å²) in [5.74, 6) is 2.58. The van der Waals surface area contributed by atoms with E-state index in [2.05, 4.69) is 35.8 Å². The van der Waals surface area contributed by atoms with Crippen molar-refractivity contribution in [3.05, 3.63) is 23.8 Å². The van der Waals surface area contributed by atoms with E-state index in [1.807, 2.05) is 0 Å². The molecule has 27 heavy (non-hydrogen) atoms. The average molecular weight is 489 g/mol. The lowest BCUT2D eigenvalue weighted by Gasteiger charge is -2.30. The van der Waals surface area contributed by atoms with Gasteiger partial charge in [0.15, 0.2) is 17.5 Å². The molecule has 2 N–H and O–H groups in total. The molecule has 2 aliphatic rings. The molecule has 1 fully saturated rings. The molecule has 1 aromatic carbocycles. The molecule has 1 aliphatic carbocycles. The van der Waals surface area contributed by atoms with Gasteiger partial charge in [0.2, 0.25) is 0 Å². The second kappa shape index (κ2) is 10.9. The highest BCUT2D eigenvalue weighted by Crippen LogP contribution is 2.44. The normalized spacial score (nSPS) is 17.9. The highest BCUT2D eigenvalue weighted by Gasteiger charge is 2.36. The van der Waals surface area contributed by atoms with E-state index in [9.17, 15) is 0 Å². The van der Waals surface area contributed by atoms with Gasteiger partial charge in [-0.15, -0.1) is 24.0 Å². The Morgan fingerprint density at radius 2 is 1.89 bits per heavy atom. The summed E-state index contributed by atoms with van der Waals surface area (Å²) in [5, 5.41) is 6.66. The summed E-state index contributed by atoms with van der Waals surface area (Å²) >= 11 is 0.